The highest BCUT2D eigenvalue weighted by molar-refractivity contribution is 9.10. The highest BCUT2D eigenvalue weighted by atomic mass is 79.9. The van der Waals surface area contributed by atoms with Crippen molar-refractivity contribution in [1.82, 2.24) is 14.4 Å². The second-order valence-corrected chi connectivity index (χ2v) is 11.0. The van der Waals surface area contributed by atoms with Crippen molar-refractivity contribution in [2.24, 2.45) is 0 Å². The lowest BCUT2D eigenvalue weighted by molar-refractivity contribution is -0.141. The second kappa shape index (κ2) is 14.8. The molecule has 0 unspecified atom stereocenters. The zero-order chi connectivity index (χ0) is 27.5. The molecule has 7 heteroatoms. The summed E-state index contributed by atoms with van der Waals surface area (Å²) in [4.78, 5) is 30.7. The molecular weight excluding hydrogens is 554 g/mol. The number of carbonyl (C=O) groups excluding carboxylic acids is 2. The first-order chi connectivity index (χ1) is 19.0. The number of rotatable bonds is 12. The molecule has 1 saturated carbocycles. The SMILES string of the molecule is COCCN(CC(=O)N(Cc1cccn1Cc1ccc(Br)cc1)C1CCCCC1)C(=O)/C=C/c1ccccc1. The minimum Gasteiger partial charge on any atom is -0.383 e. The summed E-state index contributed by atoms with van der Waals surface area (Å²) in [6.45, 7) is 2.03. The van der Waals surface area contributed by atoms with E-state index in [1.165, 1.54) is 12.0 Å². The second-order valence-electron chi connectivity index (χ2n) is 10.1. The van der Waals surface area contributed by atoms with Gasteiger partial charge in [-0.2, -0.15) is 0 Å². The number of methoxy groups -OCH3 is 1. The van der Waals surface area contributed by atoms with E-state index in [2.05, 4.69) is 44.9 Å². The van der Waals surface area contributed by atoms with E-state index in [1.807, 2.05) is 53.4 Å². The molecule has 1 aromatic heterocycles. The van der Waals surface area contributed by atoms with Crippen LogP contribution in [-0.4, -0.2) is 59.0 Å². The number of amides is 2. The Morgan fingerprint density at radius 3 is 2.46 bits per heavy atom. The number of carbonyl (C=O) groups is 2. The minimum atomic E-state index is -0.188. The Morgan fingerprint density at radius 2 is 1.74 bits per heavy atom. The van der Waals surface area contributed by atoms with E-state index in [4.69, 9.17) is 4.74 Å². The van der Waals surface area contributed by atoms with Gasteiger partial charge in [-0.05, 0) is 54.3 Å². The van der Waals surface area contributed by atoms with Crippen molar-refractivity contribution in [2.75, 3.05) is 26.8 Å². The molecule has 1 heterocycles. The summed E-state index contributed by atoms with van der Waals surface area (Å²) in [7, 11) is 1.61. The van der Waals surface area contributed by atoms with Crippen molar-refractivity contribution < 1.29 is 14.3 Å². The van der Waals surface area contributed by atoms with Gasteiger partial charge in [-0.1, -0.05) is 77.7 Å². The van der Waals surface area contributed by atoms with Crippen LogP contribution in [0.1, 0.15) is 48.9 Å². The van der Waals surface area contributed by atoms with Crippen LogP contribution in [0.25, 0.3) is 6.08 Å². The van der Waals surface area contributed by atoms with Crippen LogP contribution in [0.3, 0.4) is 0 Å². The molecule has 0 saturated heterocycles. The molecule has 0 spiro atoms. The Kier molecular flexibility index (Phi) is 11.0. The average molecular weight is 593 g/mol. The summed E-state index contributed by atoms with van der Waals surface area (Å²) < 4.78 is 8.53. The highest BCUT2D eigenvalue weighted by Gasteiger charge is 2.28. The van der Waals surface area contributed by atoms with Gasteiger partial charge in [0.25, 0.3) is 0 Å². The lowest BCUT2D eigenvalue weighted by atomic mass is 9.94. The molecule has 1 fully saturated rings. The average Bonchev–Trinajstić information content (AvgIpc) is 3.41. The van der Waals surface area contributed by atoms with Gasteiger partial charge in [0.1, 0.15) is 6.54 Å². The molecule has 0 aliphatic heterocycles. The van der Waals surface area contributed by atoms with E-state index in [9.17, 15) is 9.59 Å². The molecule has 39 heavy (non-hydrogen) atoms. The quantitative estimate of drug-likeness (QED) is 0.237. The Bertz CT molecular complexity index is 1220. The summed E-state index contributed by atoms with van der Waals surface area (Å²) in [5, 5.41) is 0. The maximum atomic E-state index is 13.9. The lowest BCUT2D eigenvalue weighted by Crippen LogP contribution is -2.48. The van der Waals surface area contributed by atoms with E-state index in [-0.39, 0.29) is 24.4 Å². The Labute approximate surface area is 240 Å². The molecule has 4 rings (SSSR count). The minimum absolute atomic E-state index is 0.0177. The first kappa shape index (κ1) is 28.8. The van der Waals surface area contributed by atoms with Crippen molar-refractivity contribution in [3.05, 3.63) is 100 Å². The van der Waals surface area contributed by atoms with E-state index < -0.39 is 0 Å². The summed E-state index contributed by atoms with van der Waals surface area (Å²) in [5.41, 5.74) is 3.24. The zero-order valence-corrected chi connectivity index (χ0v) is 24.3. The van der Waals surface area contributed by atoms with Crippen LogP contribution in [0.2, 0.25) is 0 Å². The zero-order valence-electron chi connectivity index (χ0n) is 22.7. The fraction of sp³-hybridized carbons (Fsp3) is 0.375. The standard InChI is InChI=1S/C32H38BrN3O3/c1-39-22-21-35(31(37)19-16-26-9-4-2-5-10-26)25-32(38)36(29-11-6-3-7-12-29)24-30-13-8-20-34(30)23-27-14-17-28(33)18-15-27/h2,4-5,8-10,13-20,29H,3,6-7,11-12,21-25H2,1H3/b19-16+. The first-order valence-electron chi connectivity index (χ1n) is 13.7. The van der Waals surface area contributed by atoms with Crippen molar-refractivity contribution in [3.8, 4) is 0 Å². The summed E-state index contributed by atoms with van der Waals surface area (Å²) in [6.07, 6.45) is 10.9. The number of nitrogens with zero attached hydrogens (tertiary/aromatic N) is 3. The molecule has 206 valence electrons. The fourth-order valence-electron chi connectivity index (χ4n) is 5.08. The molecule has 1 aliphatic rings. The molecule has 3 aromatic rings. The van der Waals surface area contributed by atoms with Crippen LogP contribution in [0.5, 0.6) is 0 Å². The van der Waals surface area contributed by atoms with E-state index in [1.54, 1.807) is 24.2 Å². The van der Waals surface area contributed by atoms with Gasteiger partial charge in [0, 0.05) is 48.7 Å². The molecule has 1 aliphatic carbocycles. The van der Waals surface area contributed by atoms with Crippen LogP contribution in [0, 0.1) is 0 Å². The molecule has 0 bridgehead atoms. The van der Waals surface area contributed by atoms with Crippen molar-refractivity contribution >= 4 is 33.8 Å². The van der Waals surface area contributed by atoms with Gasteiger partial charge in [0.05, 0.1) is 13.2 Å². The predicted octanol–water partition coefficient (Wildman–Crippen LogP) is 6.15. The van der Waals surface area contributed by atoms with Gasteiger partial charge >= 0.3 is 0 Å². The normalized spacial score (nSPS) is 14.0. The molecule has 6 nitrogen and oxygen atoms in total. The van der Waals surface area contributed by atoms with Crippen LogP contribution in [0.15, 0.2) is 83.5 Å². The molecule has 2 amide bonds. The summed E-state index contributed by atoms with van der Waals surface area (Å²) in [6, 6.07) is 22.3. The predicted molar refractivity (Wildman–Crippen MR) is 159 cm³/mol. The van der Waals surface area contributed by atoms with Crippen LogP contribution in [0.4, 0.5) is 0 Å². The van der Waals surface area contributed by atoms with Gasteiger partial charge in [-0.3, -0.25) is 9.59 Å². The number of hydrogen-bond acceptors (Lipinski definition) is 3. The topological polar surface area (TPSA) is 54.8 Å². The van der Waals surface area contributed by atoms with Gasteiger partial charge in [-0.15, -0.1) is 0 Å². The van der Waals surface area contributed by atoms with E-state index in [0.717, 1.165) is 48.0 Å². The van der Waals surface area contributed by atoms with E-state index in [0.29, 0.717) is 19.7 Å². The number of ether oxygens (including phenoxy) is 1. The Hall–Kier alpha value is -3.16. The van der Waals surface area contributed by atoms with Crippen molar-refractivity contribution in [2.45, 2.75) is 51.2 Å². The largest absolute Gasteiger partial charge is 0.383 e. The number of benzene rings is 2. The van der Waals surface area contributed by atoms with Gasteiger partial charge in [0.15, 0.2) is 0 Å². The third kappa shape index (κ3) is 8.67. The number of aromatic nitrogens is 1. The molecule has 0 N–H and O–H groups in total. The van der Waals surface area contributed by atoms with Crippen LogP contribution < -0.4 is 0 Å². The third-order valence-electron chi connectivity index (χ3n) is 7.28. The van der Waals surface area contributed by atoms with Crippen LogP contribution in [-0.2, 0) is 27.4 Å². The van der Waals surface area contributed by atoms with Crippen molar-refractivity contribution in [1.29, 1.82) is 0 Å². The third-order valence-corrected chi connectivity index (χ3v) is 7.81. The molecular formula is C32H38BrN3O3. The van der Waals surface area contributed by atoms with Gasteiger partial charge in [0.2, 0.25) is 11.8 Å². The molecule has 2 aromatic carbocycles. The van der Waals surface area contributed by atoms with Gasteiger partial charge in [-0.25, -0.2) is 0 Å². The van der Waals surface area contributed by atoms with Crippen LogP contribution >= 0.6 is 15.9 Å². The molecule has 0 radical (unpaired) electrons. The summed E-state index contributed by atoms with van der Waals surface area (Å²) >= 11 is 3.51. The Morgan fingerprint density at radius 1 is 1.00 bits per heavy atom. The lowest BCUT2D eigenvalue weighted by Gasteiger charge is -2.36. The van der Waals surface area contributed by atoms with Crippen molar-refractivity contribution in [3.63, 3.8) is 0 Å². The summed E-state index contributed by atoms with van der Waals surface area (Å²) in [5.74, 6) is -0.206. The first-order valence-corrected chi connectivity index (χ1v) is 14.5. The Balaban J connectivity index is 1.50. The number of hydrogen-bond donors (Lipinski definition) is 0. The van der Waals surface area contributed by atoms with E-state index >= 15 is 0 Å². The maximum absolute atomic E-state index is 13.9. The highest BCUT2D eigenvalue weighted by Crippen LogP contribution is 2.25. The molecule has 0 atom stereocenters. The monoisotopic (exact) mass is 591 g/mol. The maximum Gasteiger partial charge on any atom is 0.247 e. The fourth-order valence-corrected chi connectivity index (χ4v) is 5.35. The smallest absolute Gasteiger partial charge is 0.247 e. The number of halogens is 1. The van der Waals surface area contributed by atoms with Gasteiger partial charge < -0.3 is 19.1 Å².